The first-order chi connectivity index (χ1) is 9.22. The van der Waals surface area contributed by atoms with Crippen molar-refractivity contribution in [1.29, 1.82) is 0 Å². The Morgan fingerprint density at radius 2 is 1.80 bits per heavy atom. The molecule has 0 aliphatic heterocycles. The lowest BCUT2D eigenvalue weighted by Crippen LogP contribution is -2.18. The third-order valence-electron chi connectivity index (χ3n) is 3.12. The van der Waals surface area contributed by atoms with Gasteiger partial charge in [0.05, 0.1) is 11.4 Å². The van der Waals surface area contributed by atoms with Gasteiger partial charge in [-0.25, -0.2) is 8.42 Å². The molecule has 0 fully saturated rings. The van der Waals surface area contributed by atoms with Crippen molar-refractivity contribution < 1.29 is 8.42 Å². The lowest BCUT2D eigenvalue weighted by molar-refractivity contribution is 0.600. The number of nitrogens with one attached hydrogen (secondary N) is 1. The number of aromatic nitrogens is 2. The first-order valence-electron chi connectivity index (χ1n) is 6.11. The monoisotopic (exact) mass is 294 g/mol. The molecule has 1 aromatic carbocycles. The van der Waals surface area contributed by atoms with Crippen molar-refractivity contribution >= 4 is 21.5 Å². The molecule has 0 spiro atoms. The van der Waals surface area contributed by atoms with Crippen LogP contribution in [0.4, 0.5) is 11.5 Å². The number of anilines is 2. The van der Waals surface area contributed by atoms with Gasteiger partial charge >= 0.3 is 0 Å². The smallest absolute Gasteiger partial charge is 0.265 e. The molecule has 0 amide bonds. The molecule has 7 heteroatoms. The second kappa shape index (κ2) is 4.82. The number of nitrogens with zero attached hydrogens (tertiary/aromatic N) is 2. The Morgan fingerprint density at radius 3 is 2.35 bits per heavy atom. The van der Waals surface area contributed by atoms with Gasteiger partial charge in [0.15, 0.2) is 0 Å². The highest BCUT2D eigenvalue weighted by molar-refractivity contribution is 7.93. The van der Waals surface area contributed by atoms with E-state index in [-0.39, 0.29) is 10.6 Å². The number of sulfonamides is 1. The van der Waals surface area contributed by atoms with E-state index in [2.05, 4.69) is 9.82 Å². The van der Waals surface area contributed by atoms with Gasteiger partial charge in [0.2, 0.25) is 0 Å². The third kappa shape index (κ3) is 2.49. The number of rotatable bonds is 3. The van der Waals surface area contributed by atoms with E-state index in [0.717, 1.165) is 11.3 Å². The normalized spacial score (nSPS) is 11.6. The van der Waals surface area contributed by atoms with Crippen molar-refractivity contribution in [2.24, 2.45) is 7.05 Å². The van der Waals surface area contributed by atoms with E-state index in [1.807, 2.05) is 0 Å². The van der Waals surface area contributed by atoms with E-state index in [0.29, 0.717) is 11.4 Å². The van der Waals surface area contributed by atoms with Crippen molar-refractivity contribution in [1.82, 2.24) is 9.78 Å². The second-order valence-electron chi connectivity index (χ2n) is 4.84. The Bertz CT molecular complexity index is 763. The number of nitrogens with two attached hydrogens (primary N) is 1. The maximum absolute atomic E-state index is 12.5. The first kappa shape index (κ1) is 14.4. The van der Waals surface area contributed by atoms with Crippen molar-refractivity contribution in [3.8, 4) is 0 Å². The summed E-state index contributed by atoms with van der Waals surface area (Å²) in [5, 5.41) is 4.11. The molecule has 0 saturated carbocycles. The number of benzene rings is 1. The van der Waals surface area contributed by atoms with E-state index in [1.165, 1.54) is 4.68 Å². The molecule has 0 bridgehead atoms. The van der Waals surface area contributed by atoms with Gasteiger partial charge in [-0.2, -0.15) is 5.10 Å². The average Bonchev–Trinajstić information content (AvgIpc) is 2.62. The van der Waals surface area contributed by atoms with E-state index in [9.17, 15) is 8.42 Å². The van der Waals surface area contributed by atoms with Crippen LogP contribution in [-0.4, -0.2) is 18.2 Å². The molecule has 0 atom stereocenters. The zero-order chi connectivity index (χ0) is 15.1. The summed E-state index contributed by atoms with van der Waals surface area (Å²) < 4.78 is 29.1. The van der Waals surface area contributed by atoms with Crippen LogP contribution in [0.15, 0.2) is 23.1 Å². The fourth-order valence-electron chi connectivity index (χ4n) is 2.06. The maximum Gasteiger partial charge on any atom is 0.265 e. The molecular formula is C13H18N4O2S. The van der Waals surface area contributed by atoms with E-state index in [4.69, 9.17) is 5.73 Å². The minimum atomic E-state index is -3.74. The lowest BCUT2D eigenvalue weighted by Gasteiger charge is -2.14. The molecule has 108 valence electrons. The quantitative estimate of drug-likeness (QED) is 0.844. The molecule has 20 heavy (non-hydrogen) atoms. The van der Waals surface area contributed by atoms with Gasteiger partial charge in [0.25, 0.3) is 10.0 Å². The molecule has 1 aromatic heterocycles. The average molecular weight is 294 g/mol. The number of hydrogen-bond donors (Lipinski definition) is 2. The predicted molar refractivity (Wildman–Crippen MR) is 79.1 cm³/mol. The van der Waals surface area contributed by atoms with Crippen molar-refractivity contribution in [2.45, 2.75) is 25.7 Å². The molecule has 0 saturated heterocycles. The zero-order valence-corrected chi connectivity index (χ0v) is 12.7. The standard InChI is InChI=1S/C13H18N4O2S/c1-8-5-6-9(2)13(12(8)14)20(18,19)16-11-7-10(3)15-17(11)4/h5-7,16H,14H2,1-4H3. The topological polar surface area (TPSA) is 90.0 Å². The summed E-state index contributed by atoms with van der Waals surface area (Å²) in [6.07, 6.45) is 0. The van der Waals surface area contributed by atoms with Crippen LogP contribution in [0.25, 0.3) is 0 Å². The summed E-state index contributed by atoms with van der Waals surface area (Å²) in [4.78, 5) is 0.122. The lowest BCUT2D eigenvalue weighted by atomic mass is 10.1. The van der Waals surface area contributed by atoms with Gasteiger partial charge < -0.3 is 5.73 Å². The molecular weight excluding hydrogens is 276 g/mol. The molecule has 0 aliphatic rings. The Morgan fingerprint density at radius 1 is 1.20 bits per heavy atom. The molecule has 6 nitrogen and oxygen atoms in total. The molecule has 1 heterocycles. The second-order valence-corrected chi connectivity index (χ2v) is 6.46. The fourth-order valence-corrected chi connectivity index (χ4v) is 3.57. The molecule has 2 aromatic rings. The van der Waals surface area contributed by atoms with Crippen molar-refractivity contribution in [3.05, 3.63) is 35.0 Å². The van der Waals surface area contributed by atoms with Crippen molar-refractivity contribution in [2.75, 3.05) is 10.5 Å². The largest absolute Gasteiger partial charge is 0.397 e. The summed E-state index contributed by atoms with van der Waals surface area (Å²) in [5.74, 6) is 0.405. The Labute approximate surface area is 118 Å². The molecule has 3 N–H and O–H groups in total. The molecule has 0 unspecified atom stereocenters. The molecule has 2 rings (SSSR count). The highest BCUT2D eigenvalue weighted by Gasteiger charge is 2.22. The first-order valence-corrected chi connectivity index (χ1v) is 7.60. The van der Waals surface area contributed by atoms with Crippen LogP contribution in [0.5, 0.6) is 0 Å². The van der Waals surface area contributed by atoms with Crippen LogP contribution in [0.1, 0.15) is 16.8 Å². The zero-order valence-electron chi connectivity index (χ0n) is 11.9. The number of hydrogen-bond acceptors (Lipinski definition) is 4. The van der Waals surface area contributed by atoms with E-state index < -0.39 is 10.0 Å². The molecule has 0 radical (unpaired) electrons. The van der Waals surface area contributed by atoms with Gasteiger partial charge in [-0.15, -0.1) is 0 Å². The Kier molecular flexibility index (Phi) is 3.47. The van der Waals surface area contributed by atoms with Gasteiger partial charge in [0.1, 0.15) is 10.7 Å². The van der Waals surface area contributed by atoms with Gasteiger partial charge in [-0.3, -0.25) is 9.40 Å². The summed E-state index contributed by atoms with van der Waals surface area (Å²) in [5.41, 5.74) is 8.28. The number of aryl methyl sites for hydroxylation is 4. The highest BCUT2D eigenvalue weighted by atomic mass is 32.2. The van der Waals surface area contributed by atoms with Crippen LogP contribution in [0.2, 0.25) is 0 Å². The summed E-state index contributed by atoms with van der Waals surface area (Å²) in [7, 11) is -2.06. The summed E-state index contributed by atoms with van der Waals surface area (Å²) in [6.45, 7) is 5.30. The van der Waals surface area contributed by atoms with Gasteiger partial charge in [0, 0.05) is 13.1 Å². The minimum Gasteiger partial charge on any atom is -0.397 e. The SMILES string of the molecule is Cc1cc(NS(=O)(=O)c2c(C)ccc(C)c2N)n(C)n1. The van der Waals surface area contributed by atoms with E-state index in [1.54, 1.807) is 46.0 Å². The van der Waals surface area contributed by atoms with Crippen LogP contribution in [0.3, 0.4) is 0 Å². The fraction of sp³-hybridized carbons (Fsp3) is 0.308. The predicted octanol–water partition coefficient (Wildman–Crippen LogP) is 1.73. The van der Waals surface area contributed by atoms with Crippen LogP contribution >= 0.6 is 0 Å². The number of nitrogen functional groups attached to an aromatic ring is 1. The Balaban J connectivity index is 2.52. The van der Waals surface area contributed by atoms with Crippen LogP contribution < -0.4 is 10.5 Å². The van der Waals surface area contributed by atoms with Gasteiger partial charge in [-0.1, -0.05) is 12.1 Å². The minimum absolute atomic E-state index is 0.122. The maximum atomic E-state index is 12.5. The summed E-state index contributed by atoms with van der Waals surface area (Å²) in [6, 6.07) is 5.21. The molecule has 0 aliphatic carbocycles. The Hall–Kier alpha value is -2.02. The van der Waals surface area contributed by atoms with Crippen LogP contribution in [0, 0.1) is 20.8 Å². The van der Waals surface area contributed by atoms with Crippen molar-refractivity contribution in [3.63, 3.8) is 0 Å². The summed E-state index contributed by atoms with van der Waals surface area (Å²) >= 11 is 0. The van der Waals surface area contributed by atoms with Crippen LogP contribution in [-0.2, 0) is 17.1 Å². The van der Waals surface area contributed by atoms with E-state index >= 15 is 0 Å². The van der Waals surface area contributed by atoms with Gasteiger partial charge in [-0.05, 0) is 31.9 Å². The highest BCUT2D eigenvalue weighted by Crippen LogP contribution is 2.27. The third-order valence-corrected chi connectivity index (χ3v) is 4.68.